The molecule has 8 heteroatoms. The Kier molecular flexibility index (Phi) is 4.22. The smallest absolute Gasteiger partial charge is 0.337 e. The topological polar surface area (TPSA) is 149 Å². The molecule has 0 saturated carbocycles. The lowest BCUT2D eigenvalue weighted by atomic mass is 9.80. The van der Waals surface area contributed by atoms with E-state index in [0.29, 0.717) is 32.3 Å². The van der Waals surface area contributed by atoms with Gasteiger partial charge in [0.1, 0.15) is 0 Å². The van der Waals surface area contributed by atoms with Gasteiger partial charge in [0.25, 0.3) is 0 Å². The predicted molar refractivity (Wildman–Crippen MR) is 133 cm³/mol. The first-order valence-electron chi connectivity index (χ1n) is 10.8. The second-order valence-electron chi connectivity index (χ2n) is 8.51. The van der Waals surface area contributed by atoms with E-state index >= 15 is 0 Å². The molecule has 8 nitrogen and oxygen atoms in total. The maximum Gasteiger partial charge on any atom is 0.337 e. The average Bonchev–Trinajstić information content (AvgIpc) is 2.85. The SMILES string of the molecule is O=C(O)c1c(C(=O)O)c2c(C(=O)O)cc3cccc4c5ccc6ccccc6c5c(c1C(=O)O)c2c34. The number of carboxylic acid groups (broad SMARTS) is 4. The largest absolute Gasteiger partial charge is 0.478 e. The summed E-state index contributed by atoms with van der Waals surface area (Å²) in [5.74, 6) is -6.60. The summed E-state index contributed by atoms with van der Waals surface area (Å²) in [7, 11) is 0. The molecule has 0 fully saturated rings. The number of aromatic carboxylic acids is 4. The Morgan fingerprint density at radius 3 is 1.69 bits per heavy atom. The van der Waals surface area contributed by atoms with Crippen molar-refractivity contribution in [2.24, 2.45) is 0 Å². The van der Waals surface area contributed by atoms with Crippen LogP contribution in [0.5, 0.6) is 0 Å². The molecule has 4 N–H and O–H groups in total. The molecule has 0 radical (unpaired) electrons. The van der Waals surface area contributed by atoms with E-state index in [1.165, 1.54) is 6.07 Å². The summed E-state index contributed by atoms with van der Waals surface area (Å²) >= 11 is 0. The molecule has 0 aromatic heterocycles. The van der Waals surface area contributed by atoms with Crippen molar-refractivity contribution in [3.63, 3.8) is 0 Å². The van der Waals surface area contributed by atoms with Gasteiger partial charge in [-0.3, -0.25) is 0 Å². The molecule has 0 saturated heterocycles. The van der Waals surface area contributed by atoms with Gasteiger partial charge in [0.05, 0.1) is 22.3 Å². The van der Waals surface area contributed by atoms with Gasteiger partial charge in [-0.05, 0) is 43.8 Å². The minimum Gasteiger partial charge on any atom is -0.478 e. The minimum absolute atomic E-state index is 0.00139. The number of carbonyl (C=O) groups is 4. The zero-order valence-electron chi connectivity index (χ0n) is 18.2. The summed E-state index contributed by atoms with van der Waals surface area (Å²) in [6, 6.07) is 17.3. The molecule has 0 atom stereocenters. The Morgan fingerprint density at radius 2 is 1.03 bits per heavy atom. The van der Waals surface area contributed by atoms with Crippen molar-refractivity contribution in [1.29, 1.82) is 0 Å². The van der Waals surface area contributed by atoms with Gasteiger partial charge in [-0.1, -0.05) is 54.6 Å². The maximum atomic E-state index is 12.7. The van der Waals surface area contributed by atoms with Gasteiger partial charge in [0.2, 0.25) is 0 Å². The normalized spacial score (nSPS) is 11.7. The minimum atomic E-state index is -1.78. The molecule has 6 aromatic rings. The Labute approximate surface area is 200 Å². The third-order valence-electron chi connectivity index (χ3n) is 6.76. The molecule has 0 aliphatic heterocycles. The average molecular weight is 478 g/mol. The molecule has 174 valence electrons. The highest BCUT2D eigenvalue weighted by molar-refractivity contribution is 6.43. The summed E-state index contributed by atoms with van der Waals surface area (Å²) in [5.41, 5.74) is -2.94. The van der Waals surface area contributed by atoms with Gasteiger partial charge in [-0.15, -0.1) is 0 Å². The van der Waals surface area contributed by atoms with Crippen LogP contribution in [0.25, 0.3) is 53.9 Å². The molecular weight excluding hydrogens is 464 g/mol. The van der Waals surface area contributed by atoms with Gasteiger partial charge >= 0.3 is 23.9 Å². The van der Waals surface area contributed by atoms with Crippen LogP contribution in [0.1, 0.15) is 41.4 Å². The summed E-state index contributed by atoms with van der Waals surface area (Å²) in [4.78, 5) is 49.9. The molecule has 0 aliphatic rings. The van der Waals surface area contributed by atoms with Crippen LogP contribution in [-0.4, -0.2) is 44.3 Å². The number of hydrogen-bond acceptors (Lipinski definition) is 4. The second-order valence-corrected chi connectivity index (χ2v) is 8.51. The summed E-state index contributed by atoms with van der Waals surface area (Å²) in [5, 5.41) is 44.3. The highest BCUT2D eigenvalue weighted by Crippen LogP contribution is 2.47. The number of benzene rings is 6. The predicted octanol–water partition coefficient (Wildman–Crippen LogP) is 5.68. The Morgan fingerprint density at radius 1 is 0.444 bits per heavy atom. The van der Waals surface area contributed by atoms with E-state index in [4.69, 9.17) is 0 Å². The van der Waals surface area contributed by atoms with Crippen LogP contribution in [0, 0.1) is 0 Å². The molecule has 36 heavy (non-hydrogen) atoms. The van der Waals surface area contributed by atoms with Crippen LogP contribution in [-0.2, 0) is 0 Å². The van der Waals surface area contributed by atoms with Crippen LogP contribution in [0.2, 0.25) is 0 Å². The van der Waals surface area contributed by atoms with E-state index in [-0.39, 0.29) is 16.2 Å². The molecular formula is C28H14O8. The maximum absolute atomic E-state index is 12.7. The Hall–Kier alpha value is -5.24. The fourth-order valence-corrected chi connectivity index (χ4v) is 5.52. The summed E-state index contributed by atoms with van der Waals surface area (Å²) in [6.45, 7) is 0. The highest BCUT2D eigenvalue weighted by Gasteiger charge is 2.34. The van der Waals surface area contributed by atoms with Gasteiger partial charge in [0.15, 0.2) is 0 Å². The first kappa shape index (κ1) is 21.3. The number of hydrogen-bond donors (Lipinski definition) is 4. The Balaban J connectivity index is 2.18. The zero-order chi connectivity index (χ0) is 25.5. The highest BCUT2D eigenvalue weighted by atomic mass is 16.4. The first-order chi connectivity index (χ1) is 17.2. The monoisotopic (exact) mass is 478 g/mol. The molecule has 0 spiro atoms. The van der Waals surface area contributed by atoms with E-state index < -0.39 is 46.1 Å². The first-order valence-corrected chi connectivity index (χ1v) is 10.8. The van der Waals surface area contributed by atoms with Crippen LogP contribution >= 0.6 is 0 Å². The van der Waals surface area contributed by atoms with E-state index in [1.54, 1.807) is 36.4 Å². The molecule has 0 bridgehead atoms. The number of carboxylic acids is 4. The van der Waals surface area contributed by atoms with E-state index in [9.17, 15) is 39.6 Å². The van der Waals surface area contributed by atoms with Crippen molar-refractivity contribution in [1.82, 2.24) is 0 Å². The van der Waals surface area contributed by atoms with Gasteiger partial charge in [0, 0.05) is 16.2 Å². The lowest BCUT2D eigenvalue weighted by Crippen LogP contribution is -2.18. The number of rotatable bonds is 4. The molecule has 0 amide bonds. The lowest BCUT2D eigenvalue weighted by molar-refractivity contribution is 0.0635. The Bertz CT molecular complexity index is 2000. The van der Waals surface area contributed by atoms with Gasteiger partial charge < -0.3 is 20.4 Å². The van der Waals surface area contributed by atoms with Crippen molar-refractivity contribution in [2.45, 2.75) is 0 Å². The third kappa shape index (κ3) is 2.58. The lowest BCUT2D eigenvalue weighted by Gasteiger charge is -2.22. The van der Waals surface area contributed by atoms with Crippen molar-refractivity contribution in [3.05, 3.63) is 82.9 Å². The fourth-order valence-electron chi connectivity index (χ4n) is 5.52. The van der Waals surface area contributed by atoms with Crippen LogP contribution < -0.4 is 0 Å². The summed E-state index contributed by atoms with van der Waals surface area (Å²) in [6.07, 6.45) is 0. The van der Waals surface area contributed by atoms with E-state index in [0.717, 1.165) is 5.39 Å². The van der Waals surface area contributed by atoms with Crippen molar-refractivity contribution < 1.29 is 39.6 Å². The van der Waals surface area contributed by atoms with Crippen LogP contribution in [0.4, 0.5) is 0 Å². The fraction of sp³-hybridized carbons (Fsp3) is 0. The van der Waals surface area contributed by atoms with Crippen molar-refractivity contribution >= 4 is 77.7 Å². The zero-order valence-corrected chi connectivity index (χ0v) is 18.2. The van der Waals surface area contributed by atoms with Crippen LogP contribution in [0.3, 0.4) is 0 Å². The third-order valence-corrected chi connectivity index (χ3v) is 6.76. The summed E-state index contributed by atoms with van der Waals surface area (Å²) < 4.78 is 0. The molecule has 0 heterocycles. The van der Waals surface area contributed by atoms with Crippen LogP contribution in [0.15, 0.2) is 60.7 Å². The van der Waals surface area contributed by atoms with Crippen molar-refractivity contribution in [3.8, 4) is 0 Å². The van der Waals surface area contributed by atoms with Gasteiger partial charge in [-0.25, -0.2) is 19.2 Å². The second kappa shape index (κ2) is 7.13. The quantitative estimate of drug-likeness (QED) is 0.187. The van der Waals surface area contributed by atoms with Gasteiger partial charge in [-0.2, -0.15) is 0 Å². The standard InChI is InChI=1S/C28H14O8/c29-25(30)16-10-12-5-3-7-14-15-9-8-11-4-1-2-6-13(11)18(15)21-20(17(12)14)19(16)22(26(31)32)24(28(35)36)23(21)27(33)34/h1-10H,(H,29,30)(H,31,32)(H,33,34)(H,35,36). The van der Waals surface area contributed by atoms with E-state index in [2.05, 4.69) is 0 Å². The molecule has 0 unspecified atom stereocenters. The molecule has 6 rings (SSSR count). The molecule has 0 aliphatic carbocycles. The number of fused-ring (bicyclic) bond motifs is 5. The molecule has 6 aromatic carbocycles. The van der Waals surface area contributed by atoms with Crippen molar-refractivity contribution in [2.75, 3.05) is 0 Å². The van der Waals surface area contributed by atoms with E-state index in [1.807, 2.05) is 18.2 Å².